The highest BCUT2D eigenvalue weighted by Gasteiger charge is 2.24. The lowest BCUT2D eigenvalue weighted by molar-refractivity contribution is 0.414. The predicted molar refractivity (Wildman–Crippen MR) is 409 cm³/mol. The number of aryl methyl sites for hydroxylation is 2. The smallest absolute Gasteiger partial charge is 0.119 e. The zero-order valence-electron chi connectivity index (χ0n) is 57.6. The van der Waals surface area contributed by atoms with Gasteiger partial charge in [0.1, 0.15) is 46.0 Å². The predicted octanol–water partition coefficient (Wildman–Crippen LogP) is 22.1. The van der Waals surface area contributed by atoms with E-state index in [1.807, 2.05) is 97.1 Å². The van der Waals surface area contributed by atoms with E-state index in [4.69, 9.17) is 37.9 Å². The highest BCUT2D eigenvalue weighted by Crippen LogP contribution is 2.46. The van der Waals surface area contributed by atoms with E-state index in [0.717, 1.165) is 175 Å². The zero-order valence-corrected chi connectivity index (χ0v) is 57.6. The summed E-state index contributed by atoms with van der Waals surface area (Å²) in [7, 11) is 13.6. The molecule has 0 spiro atoms. The lowest BCUT2D eigenvalue weighted by Gasteiger charge is -2.26. The summed E-state index contributed by atoms with van der Waals surface area (Å²) in [6.45, 7) is 1.66. The molecule has 0 aliphatic carbocycles. The summed E-state index contributed by atoms with van der Waals surface area (Å²) >= 11 is 0. The summed E-state index contributed by atoms with van der Waals surface area (Å²) in [6.07, 6.45) is 4.03. The van der Waals surface area contributed by atoms with E-state index in [0.29, 0.717) is 0 Å². The molecule has 0 unspecified atom stereocenters. The number of anilines is 12. The van der Waals surface area contributed by atoms with Crippen LogP contribution in [0.3, 0.4) is 0 Å². The average Bonchev–Trinajstić information content (AvgIpc) is 1.57. The molecular formula is C86H80N6O8. The van der Waals surface area contributed by atoms with Gasteiger partial charge in [-0.25, -0.2) is 0 Å². The molecule has 14 aromatic rings. The summed E-state index contributed by atoms with van der Waals surface area (Å²) in [5.41, 5.74) is 16.7. The summed E-state index contributed by atoms with van der Waals surface area (Å²) in [5.74, 6) is 6.31. The van der Waals surface area contributed by atoms with Crippen molar-refractivity contribution in [1.82, 2.24) is 9.13 Å². The number of unbranched alkanes of at least 4 members (excludes halogenated alkanes) is 3. The van der Waals surface area contributed by atoms with Gasteiger partial charge in [-0.3, -0.25) is 0 Å². The molecule has 0 amide bonds. The van der Waals surface area contributed by atoms with Gasteiger partial charge < -0.3 is 66.6 Å². The Labute approximate surface area is 584 Å². The fourth-order valence-corrected chi connectivity index (χ4v) is 13.7. The van der Waals surface area contributed by atoms with Crippen LogP contribution in [0.1, 0.15) is 25.7 Å². The summed E-state index contributed by atoms with van der Waals surface area (Å²) in [4.78, 5) is 9.17. The quantitative estimate of drug-likeness (QED) is 0.0459. The highest BCUT2D eigenvalue weighted by molar-refractivity contribution is 6.12. The van der Waals surface area contributed by atoms with E-state index < -0.39 is 0 Å². The zero-order chi connectivity index (χ0) is 68.6. The average molecular weight is 1330 g/mol. The van der Waals surface area contributed by atoms with Gasteiger partial charge in [-0.1, -0.05) is 12.8 Å². The topological polar surface area (TPSA) is 96.7 Å². The Bertz CT molecular complexity index is 4270. The summed E-state index contributed by atoms with van der Waals surface area (Å²) in [6, 6.07) is 93.4. The Kier molecular flexibility index (Phi) is 19.1. The number of aromatic nitrogens is 2. The van der Waals surface area contributed by atoms with Crippen molar-refractivity contribution in [3.63, 3.8) is 0 Å². The van der Waals surface area contributed by atoms with Crippen molar-refractivity contribution < 1.29 is 37.9 Å². The van der Waals surface area contributed by atoms with Gasteiger partial charge in [-0.2, -0.15) is 0 Å². The largest absolute Gasteiger partial charge is 0.497 e. The lowest BCUT2D eigenvalue weighted by Crippen LogP contribution is -2.10. The molecule has 14 heteroatoms. The van der Waals surface area contributed by atoms with Gasteiger partial charge in [0.15, 0.2) is 0 Å². The monoisotopic (exact) mass is 1320 g/mol. The molecule has 12 aromatic carbocycles. The fraction of sp³-hybridized carbons (Fsp3) is 0.163. The minimum Gasteiger partial charge on any atom is -0.497 e. The SMILES string of the molecule is COc1ccc(N(c2ccc(OC)cc2)c2ccc3c(c2)c2cc(N(c4ccc(OC)cc4)c4ccc(OC)cc4)ccc2n3CCCCCCn2c3ccc(N(c4ccc(OC)cc4)c4ccc(OC)cc4)cc3c3cc(N(c4ccc(OC)cc4)c4ccc(OC)cc4)ccc32)cc1. The minimum absolute atomic E-state index is 0.789. The fourth-order valence-electron chi connectivity index (χ4n) is 13.7. The number of hydrogen-bond acceptors (Lipinski definition) is 12. The van der Waals surface area contributed by atoms with Crippen LogP contribution in [0.4, 0.5) is 68.2 Å². The van der Waals surface area contributed by atoms with Gasteiger partial charge in [-0.05, 0) is 280 Å². The Balaban J connectivity index is 0.819. The molecule has 0 aliphatic heterocycles. The second-order valence-corrected chi connectivity index (χ2v) is 24.4. The first-order valence-electron chi connectivity index (χ1n) is 33.6. The number of rotatable bonds is 27. The molecule has 0 saturated carbocycles. The van der Waals surface area contributed by atoms with Gasteiger partial charge in [0, 0.05) is 125 Å². The molecule has 0 aliphatic rings. The molecule has 0 N–H and O–H groups in total. The molecule has 0 fully saturated rings. The van der Waals surface area contributed by atoms with E-state index in [1.165, 1.54) is 22.1 Å². The Morgan fingerprint density at radius 2 is 0.340 bits per heavy atom. The molecule has 14 nitrogen and oxygen atoms in total. The first-order valence-corrected chi connectivity index (χ1v) is 33.6. The number of nitrogens with zero attached hydrogens (tertiary/aromatic N) is 6. The Hall–Kier alpha value is -12.2. The number of benzene rings is 12. The van der Waals surface area contributed by atoms with Crippen molar-refractivity contribution in [1.29, 1.82) is 0 Å². The number of hydrogen-bond donors (Lipinski definition) is 0. The van der Waals surface area contributed by atoms with Gasteiger partial charge in [0.25, 0.3) is 0 Å². The number of fused-ring (bicyclic) bond motifs is 6. The van der Waals surface area contributed by atoms with Crippen molar-refractivity contribution in [2.45, 2.75) is 38.8 Å². The van der Waals surface area contributed by atoms with E-state index in [9.17, 15) is 0 Å². The van der Waals surface area contributed by atoms with Crippen LogP contribution >= 0.6 is 0 Å². The molecule has 100 heavy (non-hydrogen) atoms. The van der Waals surface area contributed by atoms with Gasteiger partial charge in [0.05, 0.1) is 56.9 Å². The first-order chi connectivity index (χ1) is 49.2. The van der Waals surface area contributed by atoms with Gasteiger partial charge in [-0.15, -0.1) is 0 Å². The Morgan fingerprint density at radius 3 is 0.490 bits per heavy atom. The molecule has 0 saturated heterocycles. The van der Waals surface area contributed by atoms with Crippen LogP contribution in [-0.2, 0) is 13.1 Å². The molecule has 0 bridgehead atoms. The van der Waals surface area contributed by atoms with Crippen LogP contribution in [0.15, 0.2) is 267 Å². The normalized spacial score (nSPS) is 11.2. The molecule has 502 valence electrons. The highest BCUT2D eigenvalue weighted by atomic mass is 16.5. The molecule has 14 rings (SSSR count). The second kappa shape index (κ2) is 29.3. The maximum absolute atomic E-state index is 5.64. The Morgan fingerprint density at radius 1 is 0.190 bits per heavy atom. The van der Waals surface area contributed by atoms with Crippen LogP contribution in [-0.4, -0.2) is 66.0 Å². The third-order valence-electron chi connectivity index (χ3n) is 18.9. The molecule has 2 heterocycles. The minimum atomic E-state index is 0.789. The number of methoxy groups -OCH3 is 8. The van der Waals surface area contributed by atoms with Crippen LogP contribution in [0.5, 0.6) is 46.0 Å². The van der Waals surface area contributed by atoms with E-state index >= 15 is 0 Å². The second-order valence-electron chi connectivity index (χ2n) is 24.4. The van der Waals surface area contributed by atoms with Crippen LogP contribution in [0.2, 0.25) is 0 Å². The lowest BCUT2D eigenvalue weighted by atomic mass is 10.1. The van der Waals surface area contributed by atoms with Crippen molar-refractivity contribution in [3.05, 3.63) is 267 Å². The van der Waals surface area contributed by atoms with E-state index in [-0.39, 0.29) is 0 Å². The van der Waals surface area contributed by atoms with Crippen LogP contribution in [0.25, 0.3) is 43.6 Å². The molecular weight excluding hydrogens is 1240 g/mol. The standard InChI is InChI=1S/C86H80N6O8/c1-93-71-33-13-59(14-34-71)89(60-15-35-72(94-2)36-16-60)67-29-49-83-79(55-67)80-56-68(90(61-17-37-73(95-3)38-18-61)62-19-39-74(96-4)40-20-62)30-50-84(80)87(83)53-11-9-10-12-54-88-85-51-31-69(91(63-21-41-75(97-5)42-22-63)64-23-43-76(98-6)44-24-64)57-81(85)82-58-70(32-52-86(82)88)92(65-25-45-77(99-7)46-26-65)66-27-47-78(100-8)48-28-66/h13-52,55-58H,9-12,53-54H2,1-8H3. The maximum atomic E-state index is 5.64. The van der Waals surface area contributed by atoms with Crippen molar-refractivity contribution in [3.8, 4) is 46.0 Å². The van der Waals surface area contributed by atoms with Crippen LogP contribution in [0, 0.1) is 0 Å². The van der Waals surface area contributed by atoms with Crippen LogP contribution < -0.4 is 57.5 Å². The summed E-state index contributed by atoms with van der Waals surface area (Å²) in [5, 5.41) is 4.60. The molecule has 0 atom stereocenters. The summed E-state index contributed by atoms with van der Waals surface area (Å²) < 4.78 is 50.1. The maximum Gasteiger partial charge on any atom is 0.119 e. The van der Waals surface area contributed by atoms with Crippen molar-refractivity contribution in [2.75, 3.05) is 76.5 Å². The van der Waals surface area contributed by atoms with Crippen molar-refractivity contribution in [2.24, 2.45) is 0 Å². The van der Waals surface area contributed by atoms with E-state index in [1.54, 1.807) is 56.9 Å². The third kappa shape index (κ3) is 13.1. The number of ether oxygens (including phenoxy) is 8. The first kappa shape index (κ1) is 65.1. The van der Waals surface area contributed by atoms with Gasteiger partial charge >= 0.3 is 0 Å². The van der Waals surface area contributed by atoms with Crippen molar-refractivity contribution >= 4 is 112 Å². The third-order valence-corrected chi connectivity index (χ3v) is 18.9. The van der Waals surface area contributed by atoms with Gasteiger partial charge in [0.2, 0.25) is 0 Å². The molecule has 0 radical (unpaired) electrons. The van der Waals surface area contributed by atoms with E-state index in [2.05, 4.69) is 199 Å². The molecule has 2 aromatic heterocycles.